The Morgan fingerprint density at radius 3 is 2.79 bits per heavy atom. The Labute approximate surface area is 167 Å². The number of rotatable bonds is 7. The zero-order valence-corrected chi connectivity index (χ0v) is 17.1. The van der Waals surface area contributed by atoms with Gasteiger partial charge in [-0.25, -0.2) is 13.6 Å². The SMILES string of the molecule is CSCC[C@H](NC(=O)c1ccc(C)c(S(N)(=O)=O)c1)c1nnc2ccccn12. The minimum absolute atomic E-state index is 0.0614. The van der Waals surface area contributed by atoms with Crippen LogP contribution in [0.3, 0.4) is 0 Å². The van der Waals surface area contributed by atoms with Crippen LogP contribution >= 0.6 is 11.8 Å². The maximum Gasteiger partial charge on any atom is 0.251 e. The minimum atomic E-state index is -3.91. The number of sulfonamides is 1. The number of hydrogen-bond donors (Lipinski definition) is 2. The molecule has 2 heterocycles. The molecule has 0 aliphatic rings. The molecule has 10 heteroatoms. The number of aromatic nitrogens is 3. The number of benzene rings is 1. The van der Waals surface area contributed by atoms with Crippen molar-refractivity contribution in [1.29, 1.82) is 0 Å². The largest absolute Gasteiger partial charge is 0.342 e. The smallest absolute Gasteiger partial charge is 0.251 e. The molecular weight excluding hydrogens is 398 g/mol. The van der Waals surface area contributed by atoms with Gasteiger partial charge in [-0.1, -0.05) is 12.1 Å². The van der Waals surface area contributed by atoms with E-state index in [1.54, 1.807) is 30.8 Å². The number of primary sulfonamides is 1. The highest BCUT2D eigenvalue weighted by molar-refractivity contribution is 7.98. The van der Waals surface area contributed by atoms with E-state index in [2.05, 4.69) is 15.5 Å². The van der Waals surface area contributed by atoms with Crippen LogP contribution in [-0.2, 0) is 10.0 Å². The number of amides is 1. The lowest BCUT2D eigenvalue weighted by atomic mass is 10.1. The molecule has 0 bridgehead atoms. The highest BCUT2D eigenvalue weighted by Gasteiger charge is 2.22. The molecule has 0 unspecified atom stereocenters. The molecule has 148 valence electrons. The normalized spacial score (nSPS) is 12.8. The summed E-state index contributed by atoms with van der Waals surface area (Å²) in [5, 5.41) is 16.6. The van der Waals surface area contributed by atoms with Gasteiger partial charge in [-0.15, -0.1) is 10.2 Å². The van der Waals surface area contributed by atoms with E-state index < -0.39 is 15.9 Å². The number of fused-ring (bicyclic) bond motifs is 1. The fourth-order valence-corrected chi connectivity index (χ4v) is 4.17. The van der Waals surface area contributed by atoms with Crippen molar-refractivity contribution in [2.45, 2.75) is 24.3 Å². The average molecular weight is 420 g/mol. The van der Waals surface area contributed by atoms with Gasteiger partial charge in [0.05, 0.1) is 10.9 Å². The summed E-state index contributed by atoms with van der Waals surface area (Å²) in [5.41, 5.74) is 1.40. The van der Waals surface area contributed by atoms with Crippen molar-refractivity contribution in [3.8, 4) is 0 Å². The van der Waals surface area contributed by atoms with Crippen LogP contribution in [0.4, 0.5) is 0 Å². The maximum atomic E-state index is 12.8. The van der Waals surface area contributed by atoms with E-state index in [9.17, 15) is 13.2 Å². The second-order valence-electron chi connectivity index (χ2n) is 6.32. The van der Waals surface area contributed by atoms with Crippen molar-refractivity contribution < 1.29 is 13.2 Å². The summed E-state index contributed by atoms with van der Waals surface area (Å²) < 4.78 is 25.3. The van der Waals surface area contributed by atoms with Gasteiger partial charge in [0.15, 0.2) is 11.5 Å². The lowest BCUT2D eigenvalue weighted by Crippen LogP contribution is -2.30. The zero-order chi connectivity index (χ0) is 20.3. The summed E-state index contributed by atoms with van der Waals surface area (Å²) in [6.45, 7) is 1.63. The molecule has 0 spiro atoms. The van der Waals surface area contributed by atoms with Crippen molar-refractivity contribution in [2.75, 3.05) is 12.0 Å². The van der Waals surface area contributed by atoms with E-state index in [0.717, 1.165) is 5.75 Å². The number of carbonyl (C=O) groups excluding carboxylic acids is 1. The van der Waals surface area contributed by atoms with Crippen LogP contribution in [0.25, 0.3) is 5.65 Å². The number of thioether (sulfide) groups is 1. The Morgan fingerprint density at radius 1 is 1.29 bits per heavy atom. The van der Waals surface area contributed by atoms with Gasteiger partial charge in [-0.05, 0) is 55.2 Å². The fraction of sp³-hybridized carbons (Fsp3) is 0.278. The molecule has 1 amide bonds. The average Bonchev–Trinajstić information content (AvgIpc) is 3.08. The molecule has 0 saturated carbocycles. The first kappa shape index (κ1) is 20.3. The number of hydrogen-bond acceptors (Lipinski definition) is 6. The third-order valence-electron chi connectivity index (χ3n) is 4.32. The second kappa shape index (κ2) is 8.29. The maximum absolute atomic E-state index is 12.8. The van der Waals surface area contributed by atoms with E-state index in [4.69, 9.17) is 5.14 Å². The number of carbonyl (C=O) groups is 1. The minimum Gasteiger partial charge on any atom is -0.342 e. The van der Waals surface area contributed by atoms with Crippen LogP contribution in [-0.4, -0.2) is 40.9 Å². The van der Waals surface area contributed by atoms with Gasteiger partial charge in [0.1, 0.15) is 0 Å². The molecule has 3 rings (SSSR count). The highest BCUT2D eigenvalue weighted by Crippen LogP contribution is 2.20. The van der Waals surface area contributed by atoms with E-state index in [-0.39, 0.29) is 16.5 Å². The van der Waals surface area contributed by atoms with Crippen molar-refractivity contribution in [3.05, 3.63) is 59.5 Å². The van der Waals surface area contributed by atoms with Crippen molar-refractivity contribution in [2.24, 2.45) is 5.14 Å². The van der Waals surface area contributed by atoms with Gasteiger partial charge >= 0.3 is 0 Å². The number of nitrogens with one attached hydrogen (secondary N) is 1. The summed E-state index contributed by atoms with van der Waals surface area (Å²) >= 11 is 1.66. The molecule has 1 atom stereocenters. The Kier molecular flexibility index (Phi) is 6.01. The summed E-state index contributed by atoms with van der Waals surface area (Å²) in [5.74, 6) is 1.03. The van der Waals surface area contributed by atoms with Crippen molar-refractivity contribution >= 4 is 33.3 Å². The molecule has 28 heavy (non-hydrogen) atoms. The first-order valence-corrected chi connectivity index (χ1v) is 11.5. The molecule has 3 N–H and O–H groups in total. The number of nitrogens with two attached hydrogens (primary N) is 1. The van der Waals surface area contributed by atoms with E-state index in [1.807, 2.05) is 35.1 Å². The number of pyridine rings is 1. The molecule has 0 aliphatic heterocycles. The van der Waals surface area contributed by atoms with Crippen molar-refractivity contribution in [1.82, 2.24) is 19.9 Å². The standard InChI is InChI=1S/C18H21N5O3S2/c1-12-6-7-13(11-15(12)28(19,25)26)18(24)20-14(8-10-27-2)17-22-21-16-5-3-4-9-23(16)17/h3-7,9,11,14H,8,10H2,1-2H3,(H,20,24)(H2,19,25,26)/t14-/m0/s1. The molecular formula is C18H21N5O3S2. The summed E-state index contributed by atoms with van der Waals surface area (Å²) in [4.78, 5) is 12.8. The van der Waals surface area contributed by atoms with Crippen LogP contribution < -0.4 is 10.5 Å². The molecule has 0 fully saturated rings. The Morgan fingerprint density at radius 2 is 2.07 bits per heavy atom. The predicted molar refractivity (Wildman–Crippen MR) is 109 cm³/mol. The molecule has 3 aromatic rings. The van der Waals surface area contributed by atoms with Crippen LogP contribution in [0, 0.1) is 6.92 Å². The van der Waals surface area contributed by atoms with Gasteiger partial charge in [-0.3, -0.25) is 9.20 Å². The molecule has 0 radical (unpaired) electrons. The van der Waals surface area contributed by atoms with Gasteiger partial charge in [0.2, 0.25) is 10.0 Å². The molecule has 0 aliphatic carbocycles. The summed E-state index contributed by atoms with van der Waals surface area (Å²) in [7, 11) is -3.91. The summed E-state index contributed by atoms with van der Waals surface area (Å²) in [6, 6.07) is 9.63. The van der Waals surface area contributed by atoms with Crippen LogP contribution in [0.1, 0.15) is 34.2 Å². The topological polar surface area (TPSA) is 119 Å². The van der Waals surface area contributed by atoms with Gasteiger partial charge in [0.25, 0.3) is 5.91 Å². The molecule has 0 saturated heterocycles. The lowest BCUT2D eigenvalue weighted by Gasteiger charge is -2.17. The van der Waals surface area contributed by atoms with E-state index in [1.165, 1.54) is 6.07 Å². The Balaban J connectivity index is 1.92. The zero-order valence-electron chi connectivity index (χ0n) is 15.5. The Bertz CT molecular complexity index is 1110. The van der Waals surface area contributed by atoms with E-state index in [0.29, 0.717) is 23.5 Å². The van der Waals surface area contributed by atoms with Crippen LogP contribution in [0.5, 0.6) is 0 Å². The van der Waals surface area contributed by atoms with Crippen molar-refractivity contribution in [3.63, 3.8) is 0 Å². The first-order valence-electron chi connectivity index (χ1n) is 8.54. The molecule has 2 aromatic heterocycles. The third-order valence-corrected chi connectivity index (χ3v) is 6.02. The molecule has 8 nitrogen and oxygen atoms in total. The van der Waals surface area contributed by atoms with Gasteiger partial charge in [0, 0.05) is 11.8 Å². The van der Waals surface area contributed by atoms with Crippen LogP contribution in [0.2, 0.25) is 0 Å². The lowest BCUT2D eigenvalue weighted by molar-refractivity contribution is 0.0933. The number of nitrogens with zero attached hydrogens (tertiary/aromatic N) is 3. The monoisotopic (exact) mass is 419 g/mol. The molecule has 1 aromatic carbocycles. The predicted octanol–water partition coefficient (Wildman–Crippen LogP) is 1.91. The first-order chi connectivity index (χ1) is 13.3. The summed E-state index contributed by atoms with van der Waals surface area (Å²) in [6.07, 6.45) is 4.48. The highest BCUT2D eigenvalue weighted by atomic mass is 32.2. The third kappa shape index (κ3) is 4.34. The van der Waals surface area contributed by atoms with Gasteiger partial charge in [-0.2, -0.15) is 11.8 Å². The fourth-order valence-electron chi connectivity index (χ4n) is 2.89. The Hall–Kier alpha value is -2.43. The quantitative estimate of drug-likeness (QED) is 0.604. The van der Waals surface area contributed by atoms with Gasteiger partial charge < -0.3 is 5.32 Å². The number of aryl methyl sites for hydroxylation is 1. The van der Waals surface area contributed by atoms with Crippen LogP contribution in [0.15, 0.2) is 47.5 Å². The van der Waals surface area contributed by atoms with E-state index >= 15 is 0 Å². The second-order valence-corrected chi connectivity index (χ2v) is 8.84.